The molecule has 0 saturated carbocycles. The largest absolute Gasteiger partial charge is 0.495 e. The van der Waals surface area contributed by atoms with Gasteiger partial charge in [0.15, 0.2) is 0 Å². The van der Waals surface area contributed by atoms with Crippen molar-refractivity contribution < 1.29 is 14.5 Å². The molecule has 0 unspecified atom stereocenters. The zero-order valence-electron chi connectivity index (χ0n) is 12.6. The zero-order valence-corrected chi connectivity index (χ0v) is 14.2. The van der Waals surface area contributed by atoms with Crippen LogP contribution in [0.5, 0.6) is 5.75 Å². The SMILES string of the molecule is COc1ccc(Cl)cc1N1C(=O)CS[C@@H]1c1cccc([N+](=O)[O-])c1. The minimum Gasteiger partial charge on any atom is -0.495 e. The van der Waals surface area contributed by atoms with E-state index in [1.165, 1.54) is 31.0 Å². The molecule has 2 aromatic carbocycles. The molecule has 124 valence electrons. The number of thioether (sulfide) groups is 1. The van der Waals surface area contributed by atoms with E-state index < -0.39 is 4.92 Å². The summed E-state index contributed by atoms with van der Waals surface area (Å²) in [5.74, 6) is 0.700. The van der Waals surface area contributed by atoms with Crippen molar-refractivity contribution >= 4 is 40.6 Å². The summed E-state index contributed by atoms with van der Waals surface area (Å²) in [4.78, 5) is 24.6. The molecular weight excluding hydrogens is 352 g/mol. The molecule has 6 nitrogen and oxygen atoms in total. The Morgan fingerprint density at radius 3 is 2.83 bits per heavy atom. The number of non-ortho nitro benzene ring substituents is 1. The van der Waals surface area contributed by atoms with Gasteiger partial charge in [0, 0.05) is 17.2 Å². The van der Waals surface area contributed by atoms with Gasteiger partial charge in [0.05, 0.1) is 23.5 Å². The van der Waals surface area contributed by atoms with Gasteiger partial charge in [-0.2, -0.15) is 0 Å². The maximum Gasteiger partial charge on any atom is 0.269 e. The fourth-order valence-corrected chi connectivity index (χ4v) is 3.90. The van der Waals surface area contributed by atoms with E-state index in [1.807, 2.05) is 0 Å². The first kappa shape index (κ1) is 16.6. The molecule has 1 heterocycles. The number of methoxy groups -OCH3 is 1. The highest BCUT2D eigenvalue weighted by molar-refractivity contribution is 8.00. The van der Waals surface area contributed by atoms with Crippen LogP contribution < -0.4 is 9.64 Å². The van der Waals surface area contributed by atoms with Gasteiger partial charge in [-0.1, -0.05) is 23.7 Å². The van der Waals surface area contributed by atoms with Gasteiger partial charge >= 0.3 is 0 Å². The van der Waals surface area contributed by atoms with Crippen molar-refractivity contribution in [3.8, 4) is 5.75 Å². The summed E-state index contributed by atoms with van der Waals surface area (Å²) in [6.45, 7) is 0. The van der Waals surface area contributed by atoms with Crippen LogP contribution in [0.15, 0.2) is 42.5 Å². The smallest absolute Gasteiger partial charge is 0.269 e. The number of halogens is 1. The van der Waals surface area contributed by atoms with Gasteiger partial charge in [0.1, 0.15) is 11.1 Å². The fraction of sp³-hybridized carbons (Fsp3) is 0.188. The maximum absolute atomic E-state index is 12.4. The third-order valence-corrected chi connectivity index (χ3v) is 5.08. The van der Waals surface area contributed by atoms with Gasteiger partial charge in [-0.15, -0.1) is 11.8 Å². The second kappa shape index (κ2) is 6.70. The van der Waals surface area contributed by atoms with Gasteiger partial charge in [-0.25, -0.2) is 0 Å². The molecule has 0 aromatic heterocycles. The van der Waals surface area contributed by atoms with Crippen LogP contribution in [0.1, 0.15) is 10.9 Å². The van der Waals surface area contributed by atoms with E-state index in [-0.39, 0.29) is 22.7 Å². The normalized spacial score (nSPS) is 17.2. The van der Waals surface area contributed by atoms with Crippen LogP contribution in [-0.2, 0) is 4.79 Å². The third-order valence-electron chi connectivity index (χ3n) is 3.63. The number of hydrogen-bond acceptors (Lipinski definition) is 5. The first-order valence-electron chi connectivity index (χ1n) is 7.03. The number of nitro benzene ring substituents is 1. The number of nitro groups is 1. The van der Waals surface area contributed by atoms with Crippen LogP contribution >= 0.6 is 23.4 Å². The number of anilines is 1. The van der Waals surface area contributed by atoms with Crippen LogP contribution in [0.3, 0.4) is 0 Å². The Labute approximate surface area is 147 Å². The van der Waals surface area contributed by atoms with E-state index in [0.717, 1.165) is 0 Å². The summed E-state index contributed by atoms with van der Waals surface area (Å²) in [5.41, 5.74) is 1.23. The highest BCUT2D eigenvalue weighted by Crippen LogP contribution is 2.45. The number of carbonyl (C=O) groups is 1. The Balaban J connectivity index is 2.06. The molecule has 1 amide bonds. The molecule has 0 aliphatic carbocycles. The monoisotopic (exact) mass is 364 g/mol. The molecule has 2 aromatic rings. The minimum atomic E-state index is -0.449. The molecule has 8 heteroatoms. The summed E-state index contributed by atoms with van der Waals surface area (Å²) >= 11 is 7.48. The molecule has 0 spiro atoms. The molecule has 1 aliphatic rings. The third kappa shape index (κ3) is 3.05. The summed E-state index contributed by atoms with van der Waals surface area (Å²) in [5, 5.41) is 11.1. The Kier molecular flexibility index (Phi) is 4.64. The predicted molar refractivity (Wildman–Crippen MR) is 93.8 cm³/mol. The molecule has 1 atom stereocenters. The van der Waals surface area contributed by atoms with Crippen LogP contribution in [0.25, 0.3) is 0 Å². The van der Waals surface area contributed by atoms with Crippen molar-refractivity contribution in [1.29, 1.82) is 0 Å². The van der Waals surface area contributed by atoms with Crippen molar-refractivity contribution in [3.05, 3.63) is 63.2 Å². The fourth-order valence-electron chi connectivity index (χ4n) is 2.57. The molecule has 1 aliphatic heterocycles. The zero-order chi connectivity index (χ0) is 17.3. The maximum atomic E-state index is 12.4. The van der Waals surface area contributed by atoms with E-state index in [1.54, 1.807) is 35.2 Å². The lowest BCUT2D eigenvalue weighted by Gasteiger charge is -2.26. The average molecular weight is 365 g/mol. The molecule has 1 fully saturated rings. The number of nitrogens with zero attached hydrogens (tertiary/aromatic N) is 2. The van der Waals surface area contributed by atoms with Crippen LogP contribution in [0.2, 0.25) is 5.02 Å². The van der Waals surface area contributed by atoms with Crippen molar-refractivity contribution in [2.75, 3.05) is 17.8 Å². The summed E-state index contributed by atoms with van der Waals surface area (Å²) in [7, 11) is 1.52. The number of hydrogen-bond donors (Lipinski definition) is 0. The van der Waals surface area contributed by atoms with E-state index >= 15 is 0 Å². The Bertz CT molecular complexity index is 814. The number of ether oxygens (including phenoxy) is 1. The van der Waals surface area contributed by atoms with Crippen LogP contribution in [0.4, 0.5) is 11.4 Å². The summed E-state index contributed by atoms with van der Waals surface area (Å²) < 4.78 is 5.34. The molecule has 0 radical (unpaired) electrons. The first-order valence-corrected chi connectivity index (χ1v) is 8.45. The summed E-state index contributed by atoms with van der Waals surface area (Å²) in [6.07, 6.45) is 0. The first-order chi connectivity index (χ1) is 11.5. The Hall–Kier alpha value is -2.25. The van der Waals surface area contributed by atoms with Crippen molar-refractivity contribution in [2.24, 2.45) is 0 Å². The Morgan fingerprint density at radius 1 is 1.33 bits per heavy atom. The highest BCUT2D eigenvalue weighted by Gasteiger charge is 2.36. The number of benzene rings is 2. The van der Waals surface area contributed by atoms with E-state index in [0.29, 0.717) is 22.0 Å². The molecule has 0 bridgehead atoms. The molecule has 3 rings (SSSR count). The lowest BCUT2D eigenvalue weighted by Crippen LogP contribution is -2.28. The predicted octanol–water partition coefficient (Wildman–Crippen LogP) is 4.04. The van der Waals surface area contributed by atoms with E-state index in [9.17, 15) is 14.9 Å². The molecule has 24 heavy (non-hydrogen) atoms. The van der Waals surface area contributed by atoms with Crippen molar-refractivity contribution in [3.63, 3.8) is 0 Å². The van der Waals surface area contributed by atoms with Crippen molar-refractivity contribution in [2.45, 2.75) is 5.37 Å². The van der Waals surface area contributed by atoms with Gasteiger partial charge in [0.25, 0.3) is 5.69 Å². The second-order valence-electron chi connectivity index (χ2n) is 5.10. The van der Waals surface area contributed by atoms with Crippen LogP contribution in [-0.4, -0.2) is 23.7 Å². The van der Waals surface area contributed by atoms with E-state index in [2.05, 4.69) is 0 Å². The standard InChI is InChI=1S/C16H13ClN2O4S/c1-23-14-6-5-11(17)8-13(14)18-15(20)9-24-16(18)10-3-2-4-12(7-10)19(21)22/h2-8,16H,9H2,1H3/t16-/m1/s1. The summed E-state index contributed by atoms with van der Waals surface area (Å²) in [6, 6.07) is 11.3. The molecular formula is C16H13ClN2O4S. The number of amides is 1. The van der Waals surface area contributed by atoms with Gasteiger partial charge in [0.2, 0.25) is 5.91 Å². The highest BCUT2D eigenvalue weighted by atomic mass is 35.5. The van der Waals surface area contributed by atoms with Gasteiger partial charge < -0.3 is 4.74 Å². The second-order valence-corrected chi connectivity index (χ2v) is 6.60. The Morgan fingerprint density at radius 2 is 2.12 bits per heavy atom. The van der Waals surface area contributed by atoms with E-state index in [4.69, 9.17) is 16.3 Å². The van der Waals surface area contributed by atoms with Gasteiger partial charge in [-0.05, 0) is 23.8 Å². The lowest BCUT2D eigenvalue weighted by molar-refractivity contribution is -0.384. The van der Waals surface area contributed by atoms with Crippen LogP contribution in [0, 0.1) is 10.1 Å². The topological polar surface area (TPSA) is 72.7 Å². The minimum absolute atomic E-state index is 0.00884. The molecule has 1 saturated heterocycles. The van der Waals surface area contributed by atoms with Gasteiger partial charge in [-0.3, -0.25) is 19.8 Å². The average Bonchev–Trinajstić information content (AvgIpc) is 2.96. The number of rotatable bonds is 4. The lowest BCUT2D eigenvalue weighted by atomic mass is 10.1. The quantitative estimate of drug-likeness (QED) is 0.604. The molecule has 0 N–H and O–H groups in total. The van der Waals surface area contributed by atoms with Crippen molar-refractivity contribution in [1.82, 2.24) is 0 Å². The number of carbonyl (C=O) groups excluding carboxylic acids is 1.